The van der Waals surface area contributed by atoms with Crippen molar-refractivity contribution in [3.63, 3.8) is 0 Å². The van der Waals surface area contributed by atoms with Crippen LogP contribution in [0.1, 0.15) is 116 Å². The number of ketones is 1. The summed E-state index contributed by atoms with van der Waals surface area (Å²) in [4.78, 5) is 26.3. The molecule has 2 atom stereocenters. The highest BCUT2D eigenvalue weighted by atomic mass is 16.6. The first-order chi connectivity index (χ1) is 17.5. The van der Waals surface area contributed by atoms with Crippen LogP contribution in [0.2, 0.25) is 0 Å². The largest absolute Gasteiger partial charge is 0.487 e. The summed E-state index contributed by atoms with van der Waals surface area (Å²) in [6, 6.07) is 4.18. The van der Waals surface area contributed by atoms with Crippen molar-refractivity contribution in [1.29, 1.82) is 0 Å². The van der Waals surface area contributed by atoms with Gasteiger partial charge in [-0.05, 0) is 49.8 Å². The number of fused-ring (bicyclic) bond motifs is 3. The molecule has 2 aliphatic heterocycles. The lowest BCUT2D eigenvalue weighted by Gasteiger charge is -2.47. The van der Waals surface area contributed by atoms with E-state index in [4.69, 9.17) is 18.9 Å². The number of rotatable bonds is 9. The fraction of sp³-hybridized carbons (Fsp3) is 0.742. The van der Waals surface area contributed by atoms with Gasteiger partial charge in [-0.3, -0.25) is 4.79 Å². The van der Waals surface area contributed by atoms with Gasteiger partial charge in [0.05, 0.1) is 0 Å². The molecule has 1 saturated carbocycles. The van der Waals surface area contributed by atoms with Gasteiger partial charge >= 0.3 is 5.97 Å². The van der Waals surface area contributed by atoms with Crippen LogP contribution in [0.4, 0.5) is 0 Å². The second-order valence-electron chi connectivity index (χ2n) is 12.5. The molecule has 0 spiro atoms. The van der Waals surface area contributed by atoms with Crippen LogP contribution in [0.5, 0.6) is 11.5 Å². The van der Waals surface area contributed by atoms with E-state index in [0.29, 0.717) is 44.6 Å². The lowest BCUT2D eigenvalue weighted by Crippen LogP contribution is -2.49. The first-order valence-corrected chi connectivity index (χ1v) is 14.3. The Kier molecular flexibility index (Phi) is 8.40. The zero-order chi connectivity index (χ0) is 26.8. The van der Waals surface area contributed by atoms with Crippen LogP contribution >= 0.6 is 0 Å². The zero-order valence-electron chi connectivity index (χ0n) is 23.7. The van der Waals surface area contributed by atoms with E-state index in [0.717, 1.165) is 36.1 Å². The molecule has 0 aromatic heterocycles. The molecule has 2 fully saturated rings. The minimum atomic E-state index is -1.02. The van der Waals surface area contributed by atoms with Gasteiger partial charge in [0.2, 0.25) is 0 Å². The van der Waals surface area contributed by atoms with Gasteiger partial charge in [-0.1, -0.05) is 46.5 Å². The summed E-state index contributed by atoms with van der Waals surface area (Å²) in [5.74, 6) is 1.31. The number of carbonyl (C=O) groups excluding carboxylic acids is 2. The Morgan fingerprint density at radius 3 is 2.54 bits per heavy atom. The maximum atomic E-state index is 13.7. The van der Waals surface area contributed by atoms with Crippen LogP contribution in [0.25, 0.3) is 0 Å². The van der Waals surface area contributed by atoms with Crippen molar-refractivity contribution in [2.24, 2.45) is 5.92 Å². The topological polar surface area (TPSA) is 71.1 Å². The first kappa shape index (κ1) is 28.1. The van der Waals surface area contributed by atoms with E-state index in [1.54, 1.807) is 7.11 Å². The maximum absolute atomic E-state index is 13.7. The summed E-state index contributed by atoms with van der Waals surface area (Å²) < 4.78 is 24.2. The Hall–Kier alpha value is -1.92. The molecule has 2 heterocycles. The molecule has 3 aliphatic rings. The van der Waals surface area contributed by atoms with Crippen LogP contribution in [0.15, 0.2) is 12.1 Å². The van der Waals surface area contributed by atoms with Crippen molar-refractivity contribution < 1.29 is 28.5 Å². The number of hydrogen-bond donors (Lipinski definition) is 0. The Bertz CT molecular complexity index is 988. The van der Waals surface area contributed by atoms with Crippen LogP contribution < -0.4 is 9.47 Å². The average Bonchev–Trinajstić information content (AvgIpc) is 2.86. The van der Waals surface area contributed by atoms with E-state index in [9.17, 15) is 9.59 Å². The third kappa shape index (κ3) is 5.75. The summed E-state index contributed by atoms with van der Waals surface area (Å²) in [6.45, 7) is 11.9. The van der Waals surface area contributed by atoms with Gasteiger partial charge < -0.3 is 18.9 Å². The number of methoxy groups -OCH3 is 1. The SMILES string of the molecule is CCCCCCC(C)(C)c1cc(OC(=O)C2(OC)CCOCC2)c2c(c1)OC(C)(C)[C@@H]1CCC(=O)C[C@@H]21. The monoisotopic (exact) mass is 514 g/mol. The summed E-state index contributed by atoms with van der Waals surface area (Å²) in [5, 5.41) is 0. The van der Waals surface area contributed by atoms with Crippen LogP contribution in [-0.4, -0.2) is 43.3 Å². The highest BCUT2D eigenvalue weighted by Gasteiger charge is 2.49. The minimum Gasteiger partial charge on any atom is -0.487 e. The molecule has 206 valence electrons. The number of carbonyl (C=O) groups is 2. The molecule has 0 unspecified atom stereocenters. The van der Waals surface area contributed by atoms with Gasteiger partial charge in [0.25, 0.3) is 0 Å². The lowest BCUT2D eigenvalue weighted by atomic mass is 9.66. The van der Waals surface area contributed by atoms with Crippen LogP contribution in [-0.2, 0) is 24.5 Å². The molecule has 4 rings (SSSR count). The van der Waals surface area contributed by atoms with Gasteiger partial charge in [0, 0.05) is 63.4 Å². The molecule has 1 aromatic rings. The predicted molar refractivity (Wildman–Crippen MR) is 143 cm³/mol. The fourth-order valence-corrected chi connectivity index (χ4v) is 6.55. The molecule has 0 bridgehead atoms. The minimum absolute atomic E-state index is 0.0299. The van der Waals surface area contributed by atoms with Crippen molar-refractivity contribution in [1.82, 2.24) is 0 Å². The standard InChI is InChI=1S/C31H46O6/c1-7-8-9-10-13-29(2,3)21-18-25(36-28(33)31(34-6)14-16-35-17-15-31)27-23-20-22(32)11-12-24(23)30(4,5)37-26(27)19-21/h18-19,23-24H,7-17,20H2,1-6H3/t23-,24-/m1/s1. The fourth-order valence-electron chi connectivity index (χ4n) is 6.55. The number of hydrogen-bond acceptors (Lipinski definition) is 6. The first-order valence-electron chi connectivity index (χ1n) is 14.3. The molecule has 1 saturated heterocycles. The summed E-state index contributed by atoms with van der Waals surface area (Å²) in [6.07, 6.45) is 8.57. The molecule has 6 nitrogen and oxygen atoms in total. The Balaban J connectivity index is 1.76. The third-order valence-electron chi connectivity index (χ3n) is 9.11. The van der Waals surface area contributed by atoms with E-state index in [1.165, 1.54) is 19.3 Å². The van der Waals surface area contributed by atoms with E-state index in [2.05, 4.69) is 40.7 Å². The van der Waals surface area contributed by atoms with Crippen LogP contribution in [0, 0.1) is 5.92 Å². The normalized spacial score (nSPS) is 24.5. The maximum Gasteiger partial charge on any atom is 0.343 e. The molecular formula is C31H46O6. The zero-order valence-corrected chi connectivity index (χ0v) is 23.7. The van der Waals surface area contributed by atoms with Gasteiger partial charge in [0.15, 0.2) is 5.60 Å². The smallest absolute Gasteiger partial charge is 0.343 e. The molecule has 6 heteroatoms. The Labute approximate surface area is 222 Å². The van der Waals surface area contributed by atoms with E-state index < -0.39 is 11.2 Å². The van der Waals surface area contributed by atoms with Crippen molar-refractivity contribution in [2.45, 2.75) is 121 Å². The molecular weight excluding hydrogens is 468 g/mol. The summed E-state index contributed by atoms with van der Waals surface area (Å²) in [5.41, 5.74) is 0.426. The van der Waals surface area contributed by atoms with Crippen molar-refractivity contribution >= 4 is 11.8 Å². The molecule has 0 radical (unpaired) electrons. The highest BCUT2D eigenvalue weighted by Crippen LogP contribution is 2.55. The molecule has 0 amide bonds. The summed E-state index contributed by atoms with van der Waals surface area (Å²) in [7, 11) is 1.57. The molecule has 1 aliphatic carbocycles. The average molecular weight is 515 g/mol. The second kappa shape index (κ2) is 11.1. The van der Waals surface area contributed by atoms with Crippen LogP contribution in [0.3, 0.4) is 0 Å². The van der Waals surface area contributed by atoms with Gasteiger partial charge in [-0.2, -0.15) is 0 Å². The lowest BCUT2D eigenvalue weighted by molar-refractivity contribution is -0.170. The van der Waals surface area contributed by atoms with Crippen molar-refractivity contribution in [3.8, 4) is 11.5 Å². The van der Waals surface area contributed by atoms with Crippen molar-refractivity contribution in [3.05, 3.63) is 23.3 Å². The van der Waals surface area contributed by atoms with E-state index in [-0.39, 0.29) is 29.0 Å². The number of esters is 1. The van der Waals surface area contributed by atoms with Gasteiger partial charge in [0.1, 0.15) is 22.9 Å². The third-order valence-corrected chi connectivity index (χ3v) is 9.11. The number of Topliss-reactive ketones (excluding diaryl/α,β-unsaturated/α-hetero) is 1. The predicted octanol–water partition coefficient (Wildman–Crippen LogP) is 6.66. The summed E-state index contributed by atoms with van der Waals surface area (Å²) >= 11 is 0. The second-order valence-corrected chi connectivity index (χ2v) is 12.5. The molecule has 1 aromatic carbocycles. The van der Waals surface area contributed by atoms with E-state index in [1.807, 2.05) is 6.07 Å². The Morgan fingerprint density at radius 1 is 1.14 bits per heavy atom. The number of unbranched alkanes of at least 4 members (excludes halogenated alkanes) is 3. The van der Waals surface area contributed by atoms with E-state index >= 15 is 0 Å². The number of benzene rings is 1. The molecule has 0 N–H and O–H groups in total. The number of ether oxygens (including phenoxy) is 4. The highest BCUT2D eigenvalue weighted by molar-refractivity contribution is 5.84. The molecule has 37 heavy (non-hydrogen) atoms. The Morgan fingerprint density at radius 2 is 1.86 bits per heavy atom. The quantitative estimate of drug-likeness (QED) is 0.208. The van der Waals surface area contributed by atoms with Gasteiger partial charge in [-0.15, -0.1) is 0 Å². The van der Waals surface area contributed by atoms with Crippen molar-refractivity contribution in [2.75, 3.05) is 20.3 Å². The van der Waals surface area contributed by atoms with Gasteiger partial charge in [-0.25, -0.2) is 4.79 Å².